The van der Waals surface area contributed by atoms with E-state index in [1.54, 1.807) is 18.2 Å². The molecule has 1 atom stereocenters. The lowest BCUT2D eigenvalue weighted by Crippen LogP contribution is -2.14. The van der Waals surface area contributed by atoms with Gasteiger partial charge < -0.3 is 15.2 Å². The maximum absolute atomic E-state index is 12.2. The molecule has 0 bridgehead atoms. The maximum atomic E-state index is 12.2. The minimum absolute atomic E-state index is 0. The number of nitrogens with two attached hydrogens (primary N) is 1. The number of ether oxygens (including phenoxy) is 2. The summed E-state index contributed by atoms with van der Waals surface area (Å²) in [4.78, 5) is 0. The molecule has 0 aromatic heterocycles. The van der Waals surface area contributed by atoms with Gasteiger partial charge >= 0.3 is 0 Å². The molecule has 2 N–H and O–H groups in total. The highest BCUT2D eigenvalue weighted by atomic mass is 35.5. The molecule has 0 spiro atoms. The molecule has 1 rings (SSSR count). The molecule has 0 saturated heterocycles. The highest BCUT2D eigenvalue weighted by Gasteiger charge is 2.14. The Morgan fingerprint density at radius 3 is 1.94 bits per heavy atom. The fraction of sp³-hybridized carbons (Fsp3) is 0.455. The van der Waals surface area contributed by atoms with Gasteiger partial charge in [0, 0.05) is 18.5 Å². The molecule has 0 saturated carbocycles. The average molecular weight is 268 g/mol. The first-order valence-electron chi connectivity index (χ1n) is 4.83. The van der Waals surface area contributed by atoms with Gasteiger partial charge in [0.25, 0.3) is 0 Å². The van der Waals surface area contributed by atoms with Crippen molar-refractivity contribution in [3.63, 3.8) is 0 Å². The van der Waals surface area contributed by atoms with Crippen LogP contribution in [0.3, 0.4) is 0 Å². The Bertz CT molecular complexity index is 328. The van der Waals surface area contributed by atoms with Crippen LogP contribution in [-0.2, 0) is 0 Å². The van der Waals surface area contributed by atoms with Crippen molar-refractivity contribution >= 4 is 12.4 Å². The number of alkyl halides is 2. The predicted octanol–water partition coefficient (Wildman–Crippen LogP) is 2.78. The van der Waals surface area contributed by atoms with Crippen LogP contribution < -0.4 is 15.2 Å². The molecular formula is C11H16ClF2NO2. The molecule has 0 heterocycles. The molecule has 0 fully saturated rings. The van der Waals surface area contributed by atoms with Crippen LogP contribution in [0.5, 0.6) is 11.5 Å². The van der Waals surface area contributed by atoms with Crippen molar-refractivity contribution in [2.75, 3.05) is 14.2 Å². The van der Waals surface area contributed by atoms with Gasteiger partial charge in [-0.3, -0.25) is 0 Å². The van der Waals surface area contributed by atoms with Crippen molar-refractivity contribution in [3.8, 4) is 11.5 Å². The number of halogens is 3. The van der Waals surface area contributed by atoms with E-state index < -0.39 is 12.5 Å². The Kier molecular flexibility index (Phi) is 6.83. The van der Waals surface area contributed by atoms with E-state index in [4.69, 9.17) is 15.2 Å². The van der Waals surface area contributed by atoms with Crippen LogP contribution in [0.2, 0.25) is 0 Å². The van der Waals surface area contributed by atoms with Crippen LogP contribution in [-0.4, -0.2) is 20.6 Å². The molecule has 98 valence electrons. The second-order valence-electron chi connectivity index (χ2n) is 3.38. The van der Waals surface area contributed by atoms with Gasteiger partial charge in [0.1, 0.15) is 11.5 Å². The Morgan fingerprint density at radius 1 is 1.12 bits per heavy atom. The van der Waals surface area contributed by atoms with Crippen LogP contribution in [0.25, 0.3) is 0 Å². The lowest BCUT2D eigenvalue weighted by atomic mass is 10.0. The smallest absolute Gasteiger partial charge is 0.240 e. The van der Waals surface area contributed by atoms with Gasteiger partial charge in [-0.1, -0.05) is 0 Å². The van der Waals surface area contributed by atoms with E-state index in [9.17, 15) is 8.78 Å². The van der Waals surface area contributed by atoms with Crippen molar-refractivity contribution in [1.82, 2.24) is 0 Å². The minimum atomic E-state index is -2.42. The second-order valence-corrected chi connectivity index (χ2v) is 3.38. The predicted molar refractivity (Wildman–Crippen MR) is 64.3 cm³/mol. The third kappa shape index (κ3) is 4.75. The fourth-order valence-electron chi connectivity index (χ4n) is 1.37. The fourth-order valence-corrected chi connectivity index (χ4v) is 1.37. The summed E-state index contributed by atoms with van der Waals surface area (Å²) in [6, 6.07) is 4.22. The highest BCUT2D eigenvalue weighted by molar-refractivity contribution is 5.85. The van der Waals surface area contributed by atoms with Gasteiger partial charge in [-0.25, -0.2) is 8.78 Å². The summed E-state index contributed by atoms with van der Waals surface area (Å²) in [6.07, 6.45) is -2.80. The number of rotatable bonds is 5. The van der Waals surface area contributed by atoms with E-state index >= 15 is 0 Å². The summed E-state index contributed by atoms with van der Waals surface area (Å²) in [6.45, 7) is 0. The zero-order chi connectivity index (χ0) is 12.1. The zero-order valence-electron chi connectivity index (χ0n) is 9.65. The van der Waals surface area contributed by atoms with Crippen LogP contribution >= 0.6 is 12.4 Å². The van der Waals surface area contributed by atoms with Crippen LogP contribution in [0.1, 0.15) is 18.0 Å². The molecule has 17 heavy (non-hydrogen) atoms. The quantitative estimate of drug-likeness (QED) is 0.892. The number of benzene rings is 1. The molecule has 0 radical (unpaired) electrons. The van der Waals surface area contributed by atoms with Gasteiger partial charge in [0.05, 0.1) is 14.2 Å². The molecule has 0 amide bonds. The summed E-state index contributed by atoms with van der Waals surface area (Å²) in [5.41, 5.74) is 6.23. The minimum Gasteiger partial charge on any atom is -0.497 e. The maximum Gasteiger partial charge on any atom is 0.240 e. The molecule has 1 aromatic carbocycles. The Morgan fingerprint density at radius 2 is 1.59 bits per heavy atom. The number of methoxy groups -OCH3 is 2. The van der Waals surface area contributed by atoms with Crippen LogP contribution in [0, 0.1) is 0 Å². The van der Waals surface area contributed by atoms with Gasteiger partial charge in [0.2, 0.25) is 6.43 Å². The van der Waals surface area contributed by atoms with E-state index in [2.05, 4.69) is 0 Å². The van der Waals surface area contributed by atoms with E-state index in [1.807, 2.05) is 0 Å². The third-order valence-electron chi connectivity index (χ3n) is 2.23. The van der Waals surface area contributed by atoms with Gasteiger partial charge in [-0.15, -0.1) is 12.4 Å². The van der Waals surface area contributed by atoms with Gasteiger partial charge in [-0.05, 0) is 17.7 Å². The summed E-state index contributed by atoms with van der Waals surface area (Å²) in [5, 5.41) is 0. The Balaban J connectivity index is 0.00000256. The van der Waals surface area contributed by atoms with Crippen molar-refractivity contribution in [2.45, 2.75) is 18.9 Å². The standard InChI is InChI=1S/C11H15F2NO2.ClH/c1-15-8-3-7(4-9(5-8)16-2)10(14)6-11(12)13;/h3-5,10-11H,6,14H2,1-2H3;1H/t10-;/m1./s1. The van der Waals surface area contributed by atoms with Crippen molar-refractivity contribution in [2.24, 2.45) is 5.73 Å². The Hall–Kier alpha value is -1.07. The topological polar surface area (TPSA) is 44.5 Å². The third-order valence-corrected chi connectivity index (χ3v) is 2.23. The van der Waals surface area contributed by atoms with E-state index in [0.29, 0.717) is 17.1 Å². The number of hydrogen-bond donors (Lipinski definition) is 1. The van der Waals surface area contributed by atoms with Crippen molar-refractivity contribution in [1.29, 1.82) is 0 Å². The summed E-state index contributed by atoms with van der Waals surface area (Å²) < 4.78 is 34.4. The zero-order valence-corrected chi connectivity index (χ0v) is 10.5. The van der Waals surface area contributed by atoms with E-state index in [1.165, 1.54) is 14.2 Å². The van der Waals surface area contributed by atoms with Crippen molar-refractivity contribution in [3.05, 3.63) is 23.8 Å². The monoisotopic (exact) mass is 267 g/mol. The second kappa shape index (κ2) is 7.29. The molecule has 1 aromatic rings. The lowest BCUT2D eigenvalue weighted by Gasteiger charge is -2.14. The largest absolute Gasteiger partial charge is 0.497 e. The first kappa shape index (κ1) is 15.9. The molecule has 0 unspecified atom stereocenters. The molecule has 0 aliphatic carbocycles. The molecule has 6 heteroatoms. The van der Waals surface area contributed by atoms with E-state index in [0.717, 1.165) is 0 Å². The summed E-state index contributed by atoms with van der Waals surface area (Å²) in [7, 11) is 2.99. The van der Waals surface area contributed by atoms with Crippen LogP contribution in [0.4, 0.5) is 8.78 Å². The van der Waals surface area contributed by atoms with Crippen molar-refractivity contribution < 1.29 is 18.3 Å². The van der Waals surface area contributed by atoms with Crippen LogP contribution in [0.15, 0.2) is 18.2 Å². The summed E-state index contributed by atoms with van der Waals surface area (Å²) >= 11 is 0. The lowest BCUT2D eigenvalue weighted by molar-refractivity contribution is 0.128. The SMILES string of the molecule is COc1cc(OC)cc([C@H](N)CC(F)F)c1.Cl. The average Bonchev–Trinajstić information content (AvgIpc) is 2.27. The number of hydrogen-bond acceptors (Lipinski definition) is 3. The first-order chi connectivity index (χ1) is 7.56. The normalized spacial score (nSPS) is 11.9. The highest BCUT2D eigenvalue weighted by Crippen LogP contribution is 2.27. The van der Waals surface area contributed by atoms with Gasteiger partial charge in [0.15, 0.2) is 0 Å². The van der Waals surface area contributed by atoms with Gasteiger partial charge in [-0.2, -0.15) is 0 Å². The molecule has 0 aliphatic rings. The molecule has 3 nitrogen and oxygen atoms in total. The Labute approximate surface area is 105 Å². The summed E-state index contributed by atoms with van der Waals surface area (Å²) in [5.74, 6) is 1.08. The molecular weight excluding hydrogens is 252 g/mol. The molecule has 0 aliphatic heterocycles. The first-order valence-corrected chi connectivity index (χ1v) is 4.83. The van der Waals surface area contributed by atoms with E-state index in [-0.39, 0.29) is 18.8 Å².